The highest BCUT2D eigenvalue weighted by atomic mass is 16.5. The third kappa shape index (κ3) is 5.02. The van der Waals surface area contributed by atoms with Crippen molar-refractivity contribution in [3.63, 3.8) is 0 Å². The number of pyridine rings is 1. The molecule has 1 aliphatic carbocycles. The van der Waals surface area contributed by atoms with Gasteiger partial charge < -0.3 is 25.1 Å². The smallest absolute Gasteiger partial charge is 0.263 e. The molecule has 7 heteroatoms. The summed E-state index contributed by atoms with van der Waals surface area (Å²) in [6, 6.07) is 7.81. The number of ether oxygens (including phenoxy) is 2. The van der Waals surface area contributed by atoms with Gasteiger partial charge in [0.15, 0.2) is 11.5 Å². The predicted octanol–water partition coefficient (Wildman–Crippen LogP) is 2.42. The van der Waals surface area contributed by atoms with Gasteiger partial charge in [-0.2, -0.15) is 0 Å². The van der Waals surface area contributed by atoms with Crippen molar-refractivity contribution in [1.29, 1.82) is 0 Å². The second kappa shape index (κ2) is 9.80. The van der Waals surface area contributed by atoms with E-state index < -0.39 is 0 Å². The van der Waals surface area contributed by atoms with Crippen molar-refractivity contribution in [2.75, 3.05) is 14.2 Å². The number of carbonyl (C=O) groups is 1. The van der Waals surface area contributed by atoms with Crippen LogP contribution in [0.15, 0.2) is 35.3 Å². The molecular weight excluding hydrogens is 382 g/mol. The zero-order chi connectivity index (χ0) is 21.7. The molecule has 3 rings (SSSR count). The lowest BCUT2D eigenvalue weighted by atomic mass is 9.91. The van der Waals surface area contributed by atoms with Crippen molar-refractivity contribution >= 4 is 5.91 Å². The van der Waals surface area contributed by atoms with Crippen molar-refractivity contribution in [2.24, 2.45) is 5.73 Å². The van der Waals surface area contributed by atoms with Crippen LogP contribution in [0.3, 0.4) is 0 Å². The molecule has 1 fully saturated rings. The molecule has 0 bridgehead atoms. The van der Waals surface area contributed by atoms with Crippen LogP contribution in [0, 0.1) is 6.92 Å². The predicted molar refractivity (Wildman–Crippen MR) is 116 cm³/mol. The van der Waals surface area contributed by atoms with Crippen molar-refractivity contribution in [2.45, 2.75) is 57.7 Å². The maximum atomic E-state index is 13.0. The van der Waals surface area contributed by atoms with Gasteiger partial charge in [-0.3, -0.25) is 9.59 Å². The maximum Gasteiger partial charge on any atom is 0.263 e. The van der Waals surface area contributed by atoms with E-state index in [1.54, 1.807) is 31.9 Å². The molecule has 162 valence electrons. The van der Waals surface area contributed by atoms with Gasteiger partial charge in [0.1, 0.15) is 5.56 Å². The third-order valence-electron chi connectivity index (χ3n) is 5.80. The normalized spacial score (nSPS) is 18.7. The fourth-order valence-corrected chi connectivity index (χ4v) is 3.92. The second-order valence-corrected chi connectivity index (χ2v) is 7.90. The highest BCUT2D eigenvalue weighted by Crippen LogP contribution is 2.27. The largest absolute Gasteiger partial charge is 0.493 e. The molecule has 1 amide bonds. The summed E-state index contributed by atoms with van der Waals surface area (Å²) in [5.41, 5.74) is 7.61. The quantitative estimate of drug-likeness (QED) is 0.727. The standard InChI is InChI=1S/C23H31N3O4/c1-15-10-12-26(13-11-16-4-9-19(29-2)20(14-16)30-3)23(28)21(15)22(27)25-18-7-5-17(24)6-8-18/h4,9-10,12,14,17-18H,5-8,11,13,24H2,1-3H3,(H,25,27). The minimum atomic E-state index is -0.293. The highest BCUT2D eigenvalue weighted by Gasteiger charge is 2.23. The molecule has 0 saturated heterocycles. The van der Waals surface area contributed by atoms with Gasteiger partial charge in [0, 0.05) is 24.8 Å². The number of amides is 1. The van der Waals surface area contributed by atoms with Gasteiger partial charge >= 0.3 is 0 Å². The summed E-state index contributed by atoms with van der Waals surface area (Å²) in [4.78, 5) is 25.8. The first kappa shape index (κ1) is 21.9. The van der Waals surface area contributed by atoms with E-state index in [1.165, 1.54) is 0 Å². The maximum absolute atomic E-state index is 13.0. The summed E-state index contributed by atoms with van der Waals surface area (Å²) in [6.45, 7) is 2.26. The Morgan fingerprint density at radius 1 is 1.13 bits per heavy atom. The Hall–Kier alpha value is -2.80. The minimum absolute atomic E-state index is 0.0801. The fraction of sp³-hybridized carbons (Fsp3) is 0.478. The van der Waals surface area contributed by atoms with Gasteiger partial charge in [0.2, 0.25) is 0 Å². The zero-order valence-electron chi connectivity index (χ0n) is 17.9. The number of hydrogen-bond donors (Lipinski definition) is 2. The molecule has 0 unspecified atom stereocenters. The summed E-state index contributed by atoms with van der Waals surface area (Å²) in [5, 5.41) is 3.03. The van der Waals surface area contributed by atoms with Gasteiger partial charge in [-0.1, -0.05) is 6.07 Å². The Kier molecular flexibility index (Phi) is 7.15. The topological polar surface area (TPSA) is 95.6 Å². The summed E-state index contributed by atoms with van der Waals surface area (Å²) < 4.78 is 12.2. The Balaban J connectivity index is 1.73. The molecule has 1 aromatic carbocycles. The summed E-state index contributed by atoms with van der Waals surface area (Å²) in [5.74, 6) is 1.02. The number of nitrogens with zero attached hydrogens (tertiary/aromatic N) is 1. The van der Waals surface area contributed by atoms with Crippen LogP contribution in [0.5, 0.6) is 11.5 Å². The second-order valence-electron chi connectivity index (χ2n) is 7.90. The number of nitrogens with one attached hydrogen (secondary N) is 1. The van der Waals surface area contributed by atoms with Gasteiger partial charge in [0.05, 0.1) is 14.2 Å². The Labute approximate surface area is 177 Å². The van der Waals surface area contributed by atoms with E-state index in [9.17, 15) is 9.59 Å². The number of carbonyl (C=O) groups excluding carboxylic acids is 1. The van der Waals surface area contributed by atoms with E-state index in [1.807, 2.05) is 24.3 Å². The number of nitrogens with two attached hydrogens (primary N) is 1. The lowest BCUT2D eigenvalue weighted by Gasteiger charge is -2.27. The van der Waals surface area contributed by atoms with Crippen LogP contribution in [-0.2, 0) is 13.0 Å². The van der Waals surface area contributed by atoms with Gasteiger partial charge in [0.25, 0.3) is 11.5 Å². The molecule has 0 aliphatic heterocycles. The molecule has 30 heavy (non-hydrogen) atoms. The molecule has 2 aromatic rings. The number of benzene rings is 1. The lowest BCUT2D eigenvalue weighted by Crippen LogP contribution is -2.43. The molecule has 0 spiro atoms. The third-order valence-corrected chi connectivity index (χ3v) is 5.80. The van der Waals surface area contributed by atoms with E-state index in [4.69, 9.17) is 15.2 Å². The van der Waals surface area contributed by atoms with E-state index in [-0.39, 0.29) is 29.1 Å². The summed E-state index contributed by atoms with van der Waals surface area (Å²) in [6.07, 6.45) is 5.88. The Morgan fingerprint density at radius 3 is 2.50 bits per heavy atom. The van der Waals surface area contributed by atoms with Crippen LogP contribution >= 0.6 is 0 Å². The average Bonchev–Trinajstić information content (AvgIpc) is 2.74. The number of methoxy groups -OCH3 is 2. The van der Waals surface area contributed by atoms with Crippen LogP contribution < -0.4 is 26.1 Å². The molecular formula is C23H31N3O4. The number of hydrogen-bond acceptors (Lipinski definition) is 5. The Morgan fingerprint density at radius 2 is 1.83 bits per heavy atom. The van der Waals surface area contributed by atoms with Crippen molar-refractivity contribution in [3.05, 3.63) is 57.5 Å². The highest BCUT2D eigenvalue weighted by molar-refractivity contribution is 5.95. The van der Waals surface area contributed by atoms with E-state index in [0.29, 0.717) is 30.0 Å². The molecule has 0 radical (unpaired) electrons. The van der Waals surface area contributed by atoms with E-state index in [2.05, 4.69) is 5.32 Å². The Bertz CT molecular complexity index is 946. The first-order valence-corrected chi connectivity index (χ1v) is 10.4. The summed E-state index contributed by atoms with van der Waals surface area (Å²) in [7, 11) is 3.19. The van der Waals surface area contributed by atoms with E-state index in [0.717, 1.165) is 31.2 Å². The molecule has 1 aromatic heterocycles. The van der Waals surface area contributed by atoms with Crippen LogP contribution in [0.2, 0.25) is 0 Å². The monoisotopic (exact) mass is 413 g/mol. The number of rotatable bonds is 7. The van der Waals surface area contributed by atoms with Crippen molar-refractivity contribution in [1.82, 2.24) is 9.88 Å². The molecule has 1 saturated carbocycles. The number of aryl methyl sites for hydroxylation is 3. The lowest BCUT2D eigenvalue weighted by molar-refractivity contribution is 0.0923. The van der Waals surface area contributed by atoms with Crippen molar-refractivity contribution < 1.29 is 14.3 Å². The van der Waals surface area contributed by atoms with Crippen LogP contribution in [-0.4, -0.2) is 36.8 Å². The van der Waals surface area contributed by atoms with Gasteiger partial charge in [-0.15, -0.1) is 0 Å². The molecule has 1 aliphatic rings. The molecule has 3 N–H and O–H groups in total. The molecule has 7 nitrogen and oxygen atoms in total. The van der Waals surface area contributed by atoms with E-state index >= 15 is 0 Å². The van der Waals surface area contributed by atoms with Crippen molar-refractivity contribution in [3.8, 4) is 11.5 Å². The molecule has 0 atom stereocenters. The zero-order valence-corrected chi connectivity index (χ0v) is 17.9. The van der Waals surface area contributed by atoms with Crippen LogP contribution in [0.25, 0.3) is 0 Å². The minimum Gasteiger partial charge on any atom is -0.493 e. The first-order chi connectivity index (χ1) is 14.4. The molecule has 1 heterocycles. The number of aromatic nitrogens is 1. The fourth-order valence-electron chi connectivity index (χ4n) is 3.92. The average molecular weight is 414 g/mol. The SMILES string of the molecule is COc1ccc(CCn2ccc(C)c(C(=O)NC3CCC(N)CC3)c2=O)cc1OC. The van der Waals surface area contributed by atoms with Gasteiger partial charge in [-0.05, 0) is 68.4 Å². The van der Waals surface area contributed by atoms with Gasteiger partial charge in [-0.25, -0.2) is 0 Å². The van der Waals surface area contributed by atoms with Crippen LogP contribution in [0.4, 0.5) is 0 Å². The summed E-state index contributed by atoms with van der Waals surface area (Å²) >= 11 is 0. The first-order valence-electron chi connectivity index (χ1n) is 10.4. The van der Waals surface area contributed by atoms with Crippen LogP contribution in [0.1, 0.15) is 47.2 Å².